The van der Waals surface area contributed by atoms with Crippen LogP contribution in [-0.2, 0) is 6.42 Å². The molecule has 0 bridgehead atoms. The van der Waals surface area contributed by atoms with E-state index in [0.717, 1.165) is 21.9 Å². The molecule has 2 nitrogen and oxygen atoms in total. The zero-order chi connectivity index (χ0) is 14.5. The normalized spacial score (nSPS) is 12.4. The molecule has 1 aromatic carbocycles. The van der Waals surface area contributed by atoms with Gasteiger partial charge in [-0.3, -0.25) is 4.98 Å². The van der Waals surface area contributed by atoms with Crippen molar-refractivity contribution >= 4 is 54.5 Å². The van der Waals surface area contributed by atoms with Gasteiger partial charge in [0.15, 0.2) is 0 Å². The summed E-state index contributed by atoms with van der Waals surface area (Å²) in [6.45, 7) is 3.07. The van der Waals surface area contributed by atoms with Crippen molar-refractivity contribution in [2.45, 2.75) is 19.4 Å². The Labute approximate surface area is 150 Å². The predicted octanol–water partition coefficient (Wildman–Crippen LogP) is 5.10. The third-order valence-electron chi connectivity index (χ3n) is 2.99. The van der Waals surface area contributed by atoms with Crippen LogP contribution in [0.25, 0.3) is 0 Å². The van der Waals surface area contributed by atoms with Crippen LogP contribution in [0.4, 0.5) is 0 Å². The molecule has 0 aliphatic heterocycles. The molecule has 0 saturated carbocycles. The first-order valence-electron chi connectivity index (χ1n) is 6.38. The molecule has 1 N–H and O–H groups in total. The van der Waals surface area contributed by atoms with Crippen molar-refractivity contribution in [2.75, 3.05) is 6.54 Å². The Hall–Kier alpha value is 0.0200. The largest absolute Gasteiger partial charge is 0.310 e. The van der Waals surface area contributed by atoms with Crippen molar-refractivity contribution in [3.05, 3.63) is 60.3 Å². The number of halogens is 3. The maximum absolute atomic E-state index is 4.24. The third kappa shape index (κ3) is 4.51. The van der Waals surface area contributed by atoms with Crippen molar-refractivity contribution in [3.8, 4) is 0 Å². The summed E-state index contributed by atoms with van der Waals surface area (Å²) in [6, 6.07) is 8.85. The Kier molecular flexibility index (Phi) is 6.45. The predicted molar refractivity (Wildman–Crippen MR) is 98.9 cm³/mol. The van der Waals surface area contributed by atoms with Crippen molar-refractivity contribution in [1.82, 2.24) is 10.3 Å². The van der Waals surface area contributed by atoms with Gasteiger partial charge in [-0.25, -0.2) is 0 Å². The van der Waals surface area contributed by atoms with Crippen LogP contribution in [-0.4, -0.2) is 11.5 Å². The van der Waals surface area contributed by atoms with E-state index >= 15 is 0 Å². The van der Waals surface area contributed by atoms with Gasteiger partial charge < -0.3 is 5.32 Å². The summed E-state index contributed by atoms with van der Waals surface area (Å²) in [5.41, 5.74) is 2.51. The van der Waals surface area contributed by atoms with Gasteiger partial charge in [-0.2, -0.15) is 0 Å². The minimum atomic E-state index is 0.278. The number of nitrogens with zero attached hydrogens (tertiary/aromatic N) is 1. The lowest BCUT2D eigenvalue weighted by molar-refractivity contribution is 0.547. The van der Waals surface area contributed by atoms with Gasteiger partial charge in [-0.05, 0) is 86.9 Å². The molecule has 1 heterocycles. The van der Waals surface area contributed by atoms with Crippen LogP contribution in [0.2, 0.25) is 0 Å². The van der Waals surface area contributed by atoms with Crippen LogP contribution in [0.5, 0.6) is 0 Å². The van der Waals surface area contributed by atoms with E-state index in [1.54, 1.807) is 0 Å². The highest BCUT2D eigenvalue weighted by atomic mass is 127. The Morgan fingerprint density at radius 1 is 1.25 bits per heavy atom. The average Bonchev–Trinajstić information content (AvgIpc) is 2.41. The van der Waals surface area contributed by atoms with Crippen LogP contribution in [0, 0.1) is 3.57 Å². The second kappa shape index (κ2) is 7.87. The summed E-state index contributed by atoms with van der Waals surface area (Å²) in [6.07, 6.45) is 4.66. The molecule has 1 atom stereocenters. The summed E-state index contributed by atoms with van der Waals surface area (Å²) < 4.78 is 3.41. The number of pyridine rings is 1. The molecule has 0 amide bonds. The first-order valence-corrected chi connectivity index (χ1v) is 9.04. The van der Waals surface area contributed by atoms with E-state index in [2.05, 4.69) is 95.9 Å². The molecule has 5 heteroatoms. The highest BCUT2D eigenvalue weighted by Crippen LogP contribution is 2.28. The summed E-state index contributed by atoms with van der Waals surface area (Å²) in [7, 11) is 0. The lowest BCUT2D eigenvalue weighted by Gasteiger charge is -2.20. The zero-order valence-electron chi connectivity index (χ0n) is 11.0. The van der Waals surface area contributed by atoms with Crippen molar-refractivity contribution in [1.29, 1.82) is 0 Å². The Bertz CT molecular complexity index is 590. The number of aromatic nitrogens is 1. The lowest BCUT2D eigenvalue weighted by atomic mass is 10.00. The fourth-order valence-electron chi connectivity index (χ4n) is 2.12. The molecule has 106 valence electrons. The van der Waals surface area contributed by atoms with Gasteiger partial charge in [-0.1, -0.05) is 22.9 Å². The summed E-state index contributed by atoms with van der Waals surface area (Å²) >= 11 is 9.49. The second-order valence-electron chi connectivity index (χ2n) is 4.49. The van der Waals surface area contributed by atoms with Gasteiger partial charge in [0.05, 0.1) is 0 Å². The summed E-state index contributed by atoms with van der Waals surface area (Å²) in [5, 5.41) is 3.56. The molecule has 1 unspecified atom stereocenters. The van der Waals surface area contributed by atoms with Crippen molar-refractivity contribution in [2.24, 2.45) is 0 Å². The second-order valence-corrected chi connectivity index (χ2v) is 7.51. The fourth-order valence-corrected chi connectivity index (χ4v) is 3.57. The maximum Gasteiger partial charge on any atom is 0.0410 e. The Balaban J connectivity index is 2.29. The molecular weight excluding hydrogens is 495 g/mol. The van der Waals surface area contributed by atoms with Gasteiger partial charge in [0.25, 0.3) is 0 Å². The smallest absolute Gasteiger partial charge is 0.0410 e. The van der Waals surface area contributed by atoms with Crippen LogP contribution in [0.1, 0.15) is 24.1 Å². The molecular formula is C15H15Br2IN2. The SMILES string of the molecule is CCNC(Cc1cncc(Br)c1)c1cc(I)ccc1Br. The van der Waals surface area contributed by atoms with E-state index in [9.17, 15) is 0 Å². The number of rotatable bonds is 5. The van der Waals surface area contributed by atoms with Crippen LogP contribution >= 0.6 is 54.5 Å². The summed E-state index contributed by atoms with van der Waals surface area (Å²) in [4.78, 5) is 4.24. The Morgan fingerprint density at radius 2 is 2.05 bits per heavy atom. The van der Waals surface area contributed by atoms with Gasteiger partial charge in [0.2, 0.25) is 0 Å². The fraction of sp³-hybridized carbons (Fsp3) is 0.267. The van der Waals surface area contributed by atoms with Crippen LogP contribution in [0.3, 0.4) is 0 Å². The van der Waals surface area contributed by atoms with Crippen molar-refractivity contribution in [3.63, 3.8) is 0 Å². The van der Waals surface area contributed by atoms with E-state index in [0.29, 0.717) is 0 Å². The molecule has 1 aromatic heterocycles. The first kappa shape index (κ1) is 16.4. The van der Waals surface area contributed by atoms with Gasteiger partial charge >= 0.3 is 0 Å². The first-order chi connectivity index (χ1) is 9.60. The topological polar surface area (TPSA) is 24.9 Å². The molecule has 0 fully saturated rings. The highest BCUT2D eigenvalue weighted by molar-refractivity contribution is 14.1. The molecule has 0 spiro atoms. The number of hydrogen-bond acceptors (Lipinski definition) is 2. The standard InChI is InChI=1S/C15H15Br2IN2/c1-2-20-15(6-10-5-11(16)9-19-8-10)13-7-12(18)3-4-14(13)17/h3-5,7-9,15,20H,2,6H2,1H3. The van der Waals surface area contributed by atoms with E-state index in [1.807, 2.05) is 12.4 Å². The number of benzene rings is 1. The summed E-state index contributed by atoms with van der Waals surface area (Å²) in [5.74, 6) is 0. The third-order valence-corrected chi connectivity index (χ3v) is 4.81. The molecule has 0 aliphatic carbocycles. The quantitative estimate of drug-likeness (QED) is 0.567. The van der Waals surface area contributed by atoms with E-state index in [-0.39, 0.29) is 6.04 Å². The average molecular weight is 510 g/mol. The minimum absolute atomic E-state index is 0.278. The highest BCUT2D eigenvalue weighted by Gasteiger charge is 2.15. The van der Waals surface area contributed by atoms with Gasteiger partial charge in [-0.15, -0.1) is 0 Å². The van der Waals surface area contributed by atoms with Gasteiger partial charge in [0, 0.05) is 31.0 Å². The van der Waals surface area contributed by atoms with Crippen molar-refractivity contribution < 1.29 is 0 Å². The molecule has 0 aliphatic rings. The van der Waals surface area contributed by atoms with Gasteiger partial charge in [0.1, 0.15) is 0 Å². The number of likely N-dealkylation sites (N-methyl/N-ethyl adjacent to an activating group) is 1. The monoisotopic (exact) mass is 508 g/mol. The lowest BCUT2D eigenvalue weighted by Crippen LogP contribution is -2.23. The number of hydrogen-bond donors (Lipinski definition) is 1. The van der Waals surface area contributed by atoms with E-state index in [1.165, 1.54) is 14.7 Å². The molecule has 0 saturated heterocycles. The van der Waals surface area contributed by atoms with Crippen LogP contribution in [0.15, 0.2) is 45.6 Å². The molecule has 0 radical (unpaired) electrons. The molecule has 2 aromatic rings. The maximum atomic E-state index is 4.24. The molecule has 2 rings (SSSR count). The van der Waals surface area contributed by atoms with Crippen LogP contribution < -0.4 is 5.32 Å². The van der Waals surface area contributed by atoms with E-state index < -0.39 is 0 Å². The Morgan fingerprint density at radius 3 is 2.75 bits per heavy atom. The zero-order valence-corrected chi connectivity index (χ0v) is 16.4. The van der Waals surface area contributed by atoms with E-state index in [4.69, 9.17) is 0 Å². The molecule has 20 heavy (non-hydrogen) atoms. The number of nitrogens with one attached hydrogen (secondary N) is 1. The minimum Gasteiger partial charge on any atom is -0.310 e.